The first-order chi connectivity index (χ1) is 12.1. The zero-order valence-corrected chi connectivity index (χ0v) is 15.6. The average Bonchev–Trinajstić information content (AvgIpc) is 2.56. The van der Waals surface area contributed by atoms with Gasteiger partial charge in [-0.2, -0.15) is 0 Å². The normalized spacial score (nSPS) is 20.2. The molecule has 1 aliphatic heterocycles. The molecule has 1 saturated heterocycles. The van der Waals surface area contributed by atoms with Crippen LogP contribution in [0.2, 0.25) is 10.0 Å². The number of quaternary nitrogens is 1. The van der Waals surface area contributed by atoms with Gasteiger partial charge in [0.15, 0.2) is 6.54 Å². The summed E-state index contributed by atoms with van der Waals surface area (Å²) >= 11 is 11.9. The van der Waals surface area contributed by atoms with Crippen LogP contribution in [0.3, 0.4) is 0 Å². The van der Waals surface area contributed by atoms with Gasteiger partial charge in [-0.25, -0.2) is 0 Å². The van der Waals surface area contributed by atoms with Crippen molar-refractivity contribution in [2.75, 3.05) is 25.0 Å². The molecule has 2 aromatic rings. The number of carbonyl (C=O) groups is 1. The number of rotatable bonds is 5. The third-order valence-electron chi connectivity index (χ3n) is 4.74. The number of hydrogen-bond donors (Lipinski definition) is 2. The lowest BCUT2D eigenvalue weighted by atomic mass is 9.90. The molecule has 0 atom stereocenters. The summed E-state index contributed by atoms with van der Waals surface area (Å²) in [6, 6.07) is 15.7. The topological polar surface area (TPSA) is 33.5 Å². The van der Waals surface area contributed by atoms with Gasteiger partial charge in [-0.3, -0.25) is 4.79 Å². The zero-order chi connectivity index (χ0) is 17.6. The van der Waals surface area contributed by atoms with E-state index in [1.54, 1.807) is 18.2 Å². The molecule has 1 heterocycles. The SMILES string of the molecule is O=C(C[NH+]1CCC(Cc2ccccc2)CC1)Nc1cc(Cl)cc(Cl)c1. The number of piperidine rings is 1. The zero-order valence-electron chi connectivity index (χ0n) is 14.1. The Hall–Kier alpha value is -1.55. The van der Waals surface area contributed by atoms with E-state index < -0.39 is 0 Å². The van der Waals surface area contributed by atoms with Crippen LogP contribution in [-0.4, -0.2) is 25.5 Å². The molecular formula is C20H23Cl2N2O+. The number of benzene rings is 2. The second kappa shape index (κ2) is 8.70. The van der Waals surface area contributed by atoms with E-state index in [-0.39, 0.29) is 5.91 Å². The van der Waals surface area contributed by atoms with Crippen LogP contribution in [0.1, 0.15) is 18.4 Å². The van der Waals surface area contributed by atoms with Crippen LogP contribution in [0.25, 0.3) is 0 Å². The first kappa shape index (κ1) is 18.2. The maximum absolute atomic E-state index is 12.3. The maximum atomic E-state index is 12.3. The Morgan fingerprint density at radius 2 is 1.68 bits per heavy atom. The van der Waals surface area contributed by atoms with Gasteiger partial charge in [0.1, 0.15) is 0 Å². The Balaban J connectivity index is 1.44. The van der Waals surface area contributed by atoms with Gasteiger partial charge in [-0.15, -0.1) is 0 Å². The molecule has 5 heteroatoms. The van der Waals surface area contributed by atoms with Crippen molar-refractivity contribution in [3.63, 3.8) is 0 Å². The van der Waals surface area contributed by atoms with Crippen molar-refractivity contribution in [3.8, 4) is 0 Å². The van der Waals surface area contributed by atoms with E-state index in [1.807, 2.05) is 0 Å². The Morgan fingerprint density at radius 1 is 1.04 bits per heavy atom. The highest BCUT2D eigenvalue weighted by Crippen LogP contribution is 2.22. The molecule has 2 N–H and O–H groups in total. The second-order valence-corrected chi connectivity index (χ2v) is 7.64. The highest BCUT2D eigenvalue weighted by molar-refractivity contribution is 6.35. The molecular weight excluding hydrogens is 355 g/mol. The largest absolute Gasteiger partial charge is 0.327 e. The number of amides is 1. The fourth-order valence-corrected chi connectivity index (χ4v) is 4.00. The molecule has 0 spiro atoms. The van der Waals surface area contributed by atoms with Gasteiger partial charge in [0.2, 0.25) is 0 Å². The summed E-state index contributed by atoms with van der Waals surface area (Å²) in [5.41, 5.74) is 2.06. The van der Waals surface area contributed by atoms with Gasteiger partial charge in [-0.05, 0) is 48.9 Å². The van der Waals surface area contributed by atoms with Gasteiger partial charge in [-0.1, -0.05) is 53.5 Å². The van der Waals surface area contributed by atoms with Crippen LogP contribution in [0.5, 0.6) is 0 Å². The van der Waals surface area contributed by atoms with E-state index in [1.165, 1.54) is 23.3 Å². The van der Waals surface area contributed by atoms with Crippen LogP contribution in [0, 0.1) is 5.92 Å². The van der Waals surface area contributed by atoms with Crippen LogP contribution in [0.4, 0.5) is 5.69 Å². The Labute approximate surface area is 158 Å². The predicted molar refractivity (Wildman–Crippen MR) is 104 cm³/mol. The Kier molecular flexibility index (Phi) is 6.35. The van der Waals surface area contributed by atoms with Gasteiger partial charge in [0.25, 0.3) is 5.91 Å². The molecule has 0 saturated carbocycles. The van der Waals surface area contributed by atoms with Gasteiger partial charge in [0.05, 0.1) is 13.1 Å². The predicted octanol–water partition coefficient (Wildman–Crippen LogP) is 3.47. The number of halogens is 2. The quantitative estimate of drug-likeness (QED) is 0.821. The molecule has 1 aliphatic rings. The molecule has 1 amide bonds. The third kappa shape index (κ3) is 5.74. The standard InChI is InChI=1S/C20H22Cl2N2O/c21-17-11-18(22)13-19(12-17)23-20(25)14-24-8-6-16(7-9-24)10-15-4-2-1-3-5-15/h1-5,11-13,16H,6-10,14H2,(H,23,25)/p+1. The molecule has 0 aliphatic carbocycles. The minimum absolute atomic E-state index is 0.00911. The lowest BCUT2D eigenvalue weighted by Gasteiger charge is -2.29. The highest BCUT2D eigenvalue weighted by Gasteiger charge is 2.24. The first-order valence-electron chi connectivity index (χ1n) is 8.72. The van der Waals surface area contributed by atoms with Crippen molar-refractivity contribution in [3.05, 3.63) is 64.1 Å². The van der Waals surface area contributed by atoms with Crippen molar-refractivity contribution in [2.45, 2.75) is 19.3 Å². The van der Waals surface area contributed by atoms with Crippen molar-refractivity contribution in [1.82, 2.24) is 0 Å². The van der Waals surface area contributed by atoms with Crippen molar-refractivity contribution in [2.24, 2.45) is 5.92 Å². The summed E-state index contributed by atoms with van der Waals surface area (Å²) in [6.07, 6.45) is 3.47. The molecule has 2 aromatic carbocycles. The number of carbonyl (C=O) groups excluding carboxylic acids is 1. The van der Waals surface area contributed by atoms with Gasteiger partial charge >= 0.3 is 0 Å². The van der Waals surface area contributed by atoms with Gasteiger partial charge < -0.3 is 10.2 Å². The average molecular weight is 378 g/mol. The number of anilines is 1. The van der Waals surface area contributed by atoms with Crippen molar-refractivity contribution < 1.29 is 9.69 Å². The molecule has 0 unspecified atom stereocenters. The lowest BCUT2D eigenvalue weighted by Crippen LogP contribution is -3.14. The minimum Gasteiger partial charge on any atom is -0.327 e. The fraction of sp³-hybridized carbons (Fsp3) is 0.350. The lowest BCUT2D eigenvalue weighted by molar-refractivity contribution is -0.898. The Bertz CT molecular complexity index is 693. The van der Waals surface area contributed by atoms with E-state index in [9.17, 15) is 4.79 Å². The molecule has 3 nitrogen and oxygen atoms in total. The maximum Gasteiger partial charge on any atom is 0.279 e. The van der Waals surface area contributed by atoms with E-state index in [4.69, 9.17) is 23.2 Å². The summed E-state index contributed by atoms with van der Waals surface area (Å²) < 4.78 is 0. The molecule has 3 rings (SSSR count). The molecule has 0 bridgehead atoms. The third-order valence-corrected chi connectivity index (χ3v) is 5.17. The van der Waals surface area contributed by atoms with Crippen molar-refractivity contribution in [1.29, 1.82) is 0 Å². The van der Waals surface area contributed by atoms with E-state index in [0.29, 0.717) is 22.3 Å². The molecule has 132 valence electrons. The Morgan fingerprint density at radius 3 is 2.32 bits per heavy atom. The highest BCUT2D eigenvalue weighted by atomic mass is 35.5. The van der Waals surface area contributed by atoms with Crippen LogP contribution in [-0.2, 0) is 11.2 Å². The van der Waals surface area contributed by atoms with Crippen LogP contribution >= 0.6 is 23.2 Å². The summed E-state index contributed by atoms with van der Waals surface area (Å²) in [5, 5.41) is 3.94. The molecule has 25 heavy (non-hydrogen) atoms. The summed E-state index contributed by atoms with van der Waals surface area (Å²) in [5.74, 6) is 0.732. The van der Waals surface area contributed by atoms with E-state index >= 15 is 0 Å². The second-order valence-electron chi connectivity index (χ2n) is 6.77. The number of nitrogens with one attached hydrogen (secondary N) is 2. The van der Waals surface area contributed by atoms with E-state index in [0.717, 1.165) is 25.4 Å². The molecule has 0 radical (unpaired) electrons. The van der Waals surface area contributed by atoms with Gasteiger partial charge in [0, 0.05) is 15.7 Å². The van der Waals surface area contributed by atoms with Crippen molar-refractivity contribution >= 4 is 34.8 Å². The summed E-state index contributed by atoms with van der Waals surface area (Å²) in [6.45, 7) is 2.57. The van der Waals surface area contributed by atoms with E-state index in [2.05, 4.69) is 35.6 Å². The number of likely N-dealkylation sites (tertiary alicyclic amines) is 1. The molecule has 0 aromatic heterocycles. The first-order valence-corrected chi connectivity index (χ1v) is 9.47. The number of hydrogen-bond acceptors (Lipinski definition) is 1. The van der Waals surface area contributed by atoms with Crippen LogP contribution in [0.15, 0.2) is 48.5 Å². The minimum atomic E-state index is 0.00911. The summed E-state index contributed by atoms with van der Waals surface area (Å²) in [4.78, 5) is 13.6. The smallest absolute Gasteiger partial charge is 0.279 e. The summed E-state index contributed by atoms with van der Waals surface area (Å²) in [7, 11) is 0. The van der Waals surface area contributed by atoms with Crippen LogP contribution < -0.4 is 10.2 Å². The monoisotopic (exact) mass is 377 g/mol. The fourth-order valence-electron chi connectivity index (χ4n) is 3.47. The molecule has 1 fully saturated rings.